The highest BCUT2D eigenvalue weighted by Crippen LogP contribution is 2.14. The van der Waals surface area contributed by atoms with Crippen LogP contribution in [0.2, 0.25) is 0 Å². The number of benzene rings is 3. The van der Waals surface area contributed by atoms with Gasteiger partial charge >= 0.3 is 0 Å². The van der Waals surface area contributed by atoms with E-state index in [9.17, 15) is 14.4 Å². The summed E-state index contributed by atoms with van der Waals surface area (Å²) in [4.78, 5) is 36.6. The molecule has 0 aliphatic rings. The number of hydrogen-bond donors (Lipinski definition) is 3. The van der Waals surface area contributed by atoms with Crippen molar-refractivity contribution in [2.75, 3.05) is 5.32 Å². The summed E-state index contributed by atoms with van der Waals surface area (Å²) in [5.41, 5.74) is 7.52. The lowest BCUT2D eigenvalue weighted by Gasteiger charge is -2.10. The van der Waals surface area contributed by atoms with E-state index >= 15 is 0 Å². The van der Waals surface area contributed by atoms with Crippen LogP contribution in [0.15, 0.2) is 77.3 Å². The third-order valence-electron chi connectivity index (χ3n) is 4.17. The van der Waals surface area contributed by atoms with Crippen molar-refractivity contribution in [3.8, 4) is 0 Å². The Kier molecular flexibility index (Phi) is 6.41. The topological polar surface area (TPSA) is 87.3 Å². The van der Waals surface area contributed by atoms with Gasteiger partial charge in [-0.15, -0.1) is 0 Å². The van der Waals surface area contributed by atoms with Crippen LogP contribution in [0.5, 0.6) is 0 Å². The van der Waals surface area contributed by atoms with Crippen molar-refractivity contribution < 1.29 is 14.4 Å². The summed E-state index contributed by atoms with van der Waals surface area (Å²) < 4.78 is 0.764. The van der Waals surface area contributed by atoms with Crippen LogP contribution in [0.25, 0.3) is 0 Å². The van der Waals surface area contributed by atoms with Gasteiger partial charge in [-0.2, -0.15) is 0 Å². The van der Waals surface area contributed by atoms with Crippen LogP contribution in [0.1, 0.15) is 36.6 Å². The van der Waals surface area contributed by atoms with Crippen LogP contribution in [0.3, 0.4) is 0 Å². The standard InChI is InChI=1S/C22H18BrN3O3/c1-14-5-2-3-8-19(14)22(29)24-18-11-9-15(10-12-18)20(27)25-26-21(28)16-6-4-7-17(23)13-16/h2-13H,1H3,(H,24,29)(H,25,27)(H,26,28). The molecule has 0 unspecified atom stereocenters. The van der Waals surface area contributed by atoms with Gasteiger partial charge in [0.25, 0.3) is 17.7 Å². The minimum absolute atomic E-state index is 0.221. The zero-order chi connectivity index (χ0) is 20.8. The number of carbonyl (C=O) groups is 3. The van der Waals surface area contributed by atoms with Crippen molar-refractivity contribution in [1.29, 1.82) is 0 Å². The number of aryl methyl sites for hydroxylation is 1. The van der Waals surface area contributed by atoms with E-state index in [1.165, 1.54) is 0 Å². The molecule has 0 spiro atoms. The lowest BCUT2D eigenvalue weighted by atomic mass is 10.1. The first-order valence-corrected chi connectivity index (χ1v) is 9.56. The average Bonchev–Trinajstić information content (AvgIpc) is 2.72. The summed E-state index contributed by atoms with van der Waals surface area (Å²) >= 11 is 3.29. The van der Waals surface area contributed by atoms with Gasteiger partial charge in [-0.05, 0) is 61.0 Å². The molecule has 0 aromatic heterocycles. The van der Waals surface area contributed by atoms with Crippen molar-refractivity contribution in [1.82, 2.24) is 10.9 Å². The van der Waals surface area contributed by atoms with Crippen LogP contribution in [0, 0.1) is 6.92 Å². The number of hydrazine groups is 1. The Bertz CT molecular complexity index is 1060. The van der Waals surface area contributed by atoms with Crippen molar-refractivity contribution in [2.45, 2.75) is 6.92 Å². The van der Waals surface area contributed by atoms with Gasteiger partial charge in [0.15, 0.2) is 0 Å². The molecule has 0 saturated carbocycles. The molecule has 0 aliphatic carbocycles. The van der Waals surface area contributed by atoms with Gasteiger partial charge < -0.3 is 5.32 Å². The molecule has 29 heavy (non-hydrogen) atoms. The van der Waals surface area contributed by atoms with Gasteiger partial charge in [0.1, 0.15) is 0 Å². The molecule has 3 aromatic carbocycles. The number of anilines is 1. The Morgan fingerprint density at radius 3 is 2.03 bits per heavy atom. The number of rotatable bonds is 4. The zero-order valence-electron chi connectivity index (χ0n) is 15.5. The molecule has 0 heterocycles. The third kappa shape index (κ3) is 5.30. The van der Waals surface area contributed by atoms with E-state index in [4.69, 9.17) is 0 Å². The predicted molar refractivity (Wildman–Crippen MR) is 115 cm³/mol. The quantitative estimate of drug-likeness (QED) is 0.522. The molecule has 0 saturated heterocycles. The van der Waals surface area contributed by atoms with Crippen molar-refractivity contribution in [3.05, 3.63) is 99.5 Å². The molecule has 0 atom stereocenters. The number of halogens is 1. The number of hydrogen-bond acceptors (Lipinski definition) is 3. The molecule has 0 radical (unpaired) electrons. The Hall–Kier alpha value is -3.45. The summed E-state index contributed by atoms with van der Waals surface area (Å²) in [5, 5.41) is 2.80. The zero-order valence-corrected chi connectivity index (χ0v) is 17.1. The molecule has 7 heteroatoms. The minimum atomic E-state index is -0.467. The Morgan fingerprint density at radius 2 is 1.38 bits per heavy atom. The lowest BCUT2D eigenvalue weighted by molar-refractivity contribution is 0.0846. The molecule has 146 valence electrons. The van der Waals surface area contributed by atoms with Gasteiger partial charge in [-0.1, -0.05) is 40.2 Å². The maximum atomic E-state index is 12.3. The molecule has 3 aromatic rings. The normalized spacial score (nSPS) is 10.1. The fourth-order valence-corrected chi connectivity index (χ4v) is 3.02. The third-order valence-corrected chi connectivity index (χ3v) is 4.66. The van der Waals surface area contributed by atoms with Gasteiger partial charge in [-0.25, -0.2) is 0 Å². The van der Waals surface area contributed by atoms with E-state index in [1.54, 1.807) is 60.7 Å². The highest BCUT2D eigenvalue weighted by atomic mass is 79.9. The van der Waals surface area contributed by atoms with Gasteiger partial charge in [0, 0.05) is 26.9 Å². The highest BCUT2D eigenvalue weighted by Gasteiger charge is 2.11. The summed E-state index contributed by atoms with van der Waals surface area (Å²) in [6.45, 7) is 1.87. The molecule has 3 amide bonds. The molecule has 0 fully saturated rings. The maximum absolute atomic E-state index is 12.3. The predicted octanol–water partition coefficient (Wildman–Crippen LogP) is 4.08. The second-order valence-electron chi connectivity index (χ2n) is 6.26. The Labute approximate surface area is 176 Å². The first-order chi connectivity index (χ1) is 13.9. The Balaban J connectivity index is 1.58. The SMILES string of the molecule is Cc1ccccc1C(=O)Nc1ccc(C(=O)NNC(=O)c2cccc(Br)c2)cc1. The second-order valence-corrected chi connectivity index (χ2v) is 7.18. The fraction of sp³-hybridized carbons (Fsp3) is 0.0455. The van der Waals surface area contributed by atoms with Crippen molar-refractivity contribution >= 4 is 39.3 Å². The monoisotopic (exact) mass is 451 g/mol. The molecule has 3 rings (SSSR count). The van der Waals surface area contributed by atoms with E-state index in [0.717, 1.165) is 10.0 Å². The largest absolute Gasteiger partial charge is 0.322 e. The summed E-state index contributed by atoms with van der Waals surface area (Å²) in [6.07, 6.45) is 0. The second kappa shape index (κ2) is 9.16. The van der Waals surface area contributed by atoms with Crippen LogP contribution < -0.4 is 16.2 Å². The van der Waals surface area contributed by atoms with E-state index < -0.39 is 11.8 Å². The van der Waals surface area contributed by atoms with Crippen LogP contribution >= 0.6 is 15.9 Å². The van der Waals surface area contributed by atoms with E-state index in [2.05, 4.69) is 32.1 Å². The van der Waals surface area contributed by atoms with E-state index in [1.807, 2.05) is 19.1 Å². The number of carbonyl (C=O) groups excluding carboxylic acids is 3. The molecule has 0 aliphatic heterocycles. The summed E-state index contributed by atoms with van der Waals surface area (Å²) in [6, 6.07) is 20.5. The van der Waals surface area contributed by atoms with E-state index in [0.29, 0.717) is 22.4 Å². The van der Waals surface area contributed by atoms with Gasteiger partial charge in [-0.3, -0.25) is 25.2 Å². The lowest BCUT2D eigenvalue weighted by Crippen LogP contribution is -2.41. The first kappa shape index (κ1) is 20.3. The average molecular weight is 452 g/mol. The molecule has 6 nitrogen and oxygen atoms in total. The van der Waals surface area contributed by atoms with Crippen LogP contribution in [0.4, 0.5) is 5.69 Å². The van der Waals surface area contributed by atoms with Gasteiger partial charge in [0.05, 0.1) is 0 Å². The van der Waals surface area contributed by atoms with Crippen LogP contribution in [-0.4, -0.2) is 17.7 Å². The minimum Gasteiger partial charge on any atom is -0.322 e. The molecular weight excluding hydrogens is 434 g/mol. The summed E-state index contributed by atoms with van der Waals surface area (Å²) in [7, 11) is 0. The molecular formula is C22H18BrN3O3. The fourth-order valence-electron chi connectivity index (χ4n) is 2.62. The van der Waals surface area contributed by atoms with Crippen molar-refractivity contribution in [2.24, 2.45) is 0 Å². The number of nitrogens with one attached hydrogen (secondary N) is 3. The Morgan fingerprint density at radius 1 is 0.724 bits per heavy atom. The summed E-state index contributed by atoms with van der Waals surface area (Å²) in [5.74, 6) is -1.12. The maximum Gasteiger partial charge on any atom is 0.269 e. The first-order valence-electron chi connectivity index (χ1n) is 8.77. The molecule has 0 bridgehead atoms. The van der Waals surface area contributed by atoms with E-state index in [-0.39, 0.29) is 5.91 Å². The number of amides is 3. The van der Waals surface area contributed by atoms with Crippen LogP contribution in [-0.2, 0) is 0 Å². The smallest absolute Gasteiger partial charge is 0.269 e. The van der Waals surface area contributed by atoms with Crippen molar-refractivity contribution in [3.63, 3.8) is 0 Å². The molecule has 3 N–H and O–H groups in total. The highest BCUT2D eigenvalue weighted by molar-refractivity contribution is 9.10. The van der Waals surface area contributed by atoms with Gasteiger partial charge in [0.2, 0.25) is 0 Å².